The molecule has 150 valence electrons. The van der Waals surface area contributed by atoms with E-state index in [1.165, 1.54) is 12.1 Å². The fourth-order valence-corrected chi connectivity index (χ4v) is 3.75. The number of anilines is 1. The first-order chi connectivity index (χ1) is 13.9. The molecule has 0 spiro atoms. The zero-order chi connectivity index (χ0) is 21.0. The smallest absolute Gasteiger partial charge is 0.273 e. The molecule has 2 amide bonds. The van der Waals surface area contributed by atoms with Gasteiger partial charge in [-0.3, -0.25) is 14.9 Å². The number of halogens is 2. The summed E-state index contributed by atoms with van der Waals surface area (Å²) >= 11 is 13.1. The molecule has 1 heterocycles. The summed E-state index contributed by atoms with van der Waals surface area (Å²) in [5.74, 6) is 0.0433. The van der Waals surface area contributed by atoms with Gasteiger partial charge in [0, 0.05) is 24.0 Å². The standard InChI is InChI=1S/C20H17Cl2N3O3S/c1-25(10-12-4-3-5-14(8-12)28-2)19(27)17-11-29-20(23-17)24-18(26)15-7-6-13(21)9-16(15)22/h3-9,11H,10H2,1-2H3,(H,23,24,26). The molecule has 0 unspecified atom stereocenters. The number of nitrogens with one attached hydrogen (secondary N) is 1. The molecule has 0 aliphatic carbocycles. The molecule has 2 aromatic carbocycles. The van der Waals surface area contributed by atoms with Crippen LogP contribution in [0.5, 0.6) is 5.75 Å². The molecule has 1 N–H and O–H groups in total. The Labute approximate surface area is 182 Å². The quantitative estimate of drug-likeness (QED) is 0.575. The fourth-order valence-electron chi connectivity index (χ4n) is 2.58. The number of thiazole rings is 1. The zero-order valence-electron chi connectivity index (χ0n) is 15.6. The van der Waals surface area contributed by atoms with Crippen molar-refractivity contribution < 1.29 is 14.3 Å². The first-order valence-corrected chi connectivity index (χ1v) is 10.1. The van der Waals surface area contributed by atoms with Gasteiger partial charge < -0.3 is 9.64 Å². The highest BCUT2D eigenvalue weighted by Crippen LogP contribution is 2.24. The lowest BCUT2D eigenvalue weighted by molar-refractivity contribution is 0.0779. The molecule has 3 rings (SSSR count). The van der Waals surface area contributed by atoms with E-state index in [0.717, 1.165) is 22.6 Å². The topological polar surface area (TPSA) is 71.5 Å². The van der Waals surface area contributed by atoms with E-state index in [1.54, 1.807) is 30.5 Å². The maximum atomic E-state index is 12.7. The van der Waals surface area contributed by atoms with Gasteiger partial charge in [-0.15, -0.1) is 11.3 Å². The number of methoxy groups -OCH3 is 1. The van der Waals surface area contributed by atoms with E-state index in [1.807, 2.05) is 24.3 Å². The van der Waals surface area contributed by atoms with E-state index in [9.17, 15) is 9.59 Å². The Morgan fingerprint density at radius 2 is 2.00 bits per heavy atom. The second-order valence-corrected chi connectivity index (χ2v) is 7.83. The molecule has 0 bridgehead atoms. The molecule has 6 nitrogen and oxygen atoms in total. The Kier molecular flexibility index (Phi) is 6.74. The Morgan fingerprint density at radius 3 is 2.72 bits per heavy atom. The first-order valence-electron chi connectivity index (χ1n) is 8.47. The number of aromatic nitrogens is 1. The van der Waals surface area contributed by atoms with Gasteiger partial charge in [-0.1, -0.05) is 35.3 Å². The molecule has 0 aliphatic rings. The molecule has 29 heavy (non-hydrogen) atoms. The van der Waals surface area contributed by atoms with Crippen LogP contribution in [0.3, 0.4) is 0 Å². The van der Waals surface area contributed by atoms with Crippen LogP contribution in [-0.2, 0) is 6.54 Å². The molecule has 0 radical (unpaired) electrons. The van der Waals surface area contributed by atoms with Gasteiger partial charge in [0.05, 0.1) is 17.7 Å². The average Bonchev–Trinajstić information content (AvgIpc) is 3.15. The number of rotatable bonds is 6. The van der Waals surface area contributed by atoms with Gasteiger partial charge in [0.1, 0.15) is 11.4 Å². The summed E-state index contributed by atoms with van der Waals surface area (Å²) in [7, 11) is 3.28. The summed E-state index contributed by atoms with van der Waals surface area (Å²) < 4.78 is 5.20. The van der Waals surface area contributed by atoms with Crippen LogP contribution in [0.1, 0.15) is 26.4 Å². The Bertz CT molecular complexity index is 1050. The lowest BCUT2D eigenvalue weighted by Crippen LogP contribution is -2.26. The first kappa shape index (κ1) is 21.1. The number of hydrogen-bond acceptors (Lipinski definition) is 5. The highest BCUT2D eigenvalue weighted by molar-refractivity contribution is 7.14. The second kappa shape index (κ2) is 9.26. The van der Waals surface area contributed by atoms with Crippen molar-refractivity contribution in [3.63, 3.8) is 0 Å². The third-order valence-corrected chi connectivity index (χ3v) is 5.33. The van der Waals surface area contributed by atoms with Crippen molar-refractivity contribution in [2.75, 3.05) is 19.5 Å². The minimum Gasteiger partial charge on any atom is -0.497 e. The number of ether oxygens (including phenoxy) is 1. The number of carbonyl (C=O) groups is 2. The Hall–Kier alpha value is -2.61. The van der Waals surface area contributed by atoms with E-state index >= 15 is 0 Å². The van der Waals surface area contributed by atoms with Crippen LogP contribution in [0.15, 0.2) is 47.8 Å². The van der Waals surface area contributed by atoms with E-state index in [0.29, 0.717) is 16.7 Å². The molecule has 0 fully saturated rings. The van der Waals surface area contributed by atoms with Gasteiger partial charge in [-0.25, -0.2) is 4.98 Å². The number of hydrogen-bond donors (Lipinski definition) is 1. The molecular formula is C20H17Cl2N3O3S. The largest absolute Gasteiger partial charge is 0.497 e. The zero-order valence-corrected chi connectivity index (χ0v) is 17.9. The third-order valence-electron chi connectivity index (χ3n) is 4.02. The maximum absolute atomic E-state index is 12.7. The Morgan fingerprint density at radius 1 is 1.21 bits per heavy atom. The lowest BCUT2D eigenvalue weighted by Gasteiger charge is -2.16. The SMILES string of the molecule is COc1cccc(CN(C)C(=O)c2csc(NC(=O)c3ccc(Cl)cc3Cl)n2)c1. The van der Waals surface area contributed by atoms with Gasteiger partial charge in [-0.05, 0) is 35.9 Å². The molecule has 0 saturated carbocycles. The van der Waals surface area contributed by atoms with Crippen molar-refractivity contribution >= 4 is 51.5 Å². The highest BCUT2D eigenvalue weighted by Gasteiger charge is 2.18. The van der Waals surface area contributed by atoms with Crippen LogP contribution in [-0.4, -0.2) is 35.9 Å². The average molecular weight is 450 g/mol. The summed E-state index contributed by atoms with van der Waals surface area (Å²) in [5.41, 5.74) is 1.45. The number of benzene rings is 2. The van der Waals surface area contributed by atoms with Gasteiger partial charge >= 0.3 is 0 Å². The predicted octanol–water partition coefficient (Wildman–Crippen LogP) is 4.98. The lowest BCUT2D eigenvalue weighted by atomic mass is 10.2. The van der Waals surface area contributed by atoms with Crippen LogP contribution in [0.4, 0.5) is 5.13 Å². The molecule has 1 aromatic heterocycles. The molecule has 0 aliphatic heterocycles. The van der Waals surface area contributed by atoms with E-state index < -0.39 is 5.91 Å². The summed E-state index contributed by atoms with van der Waals surface area (Å²) in [6.07, 6.45) is 0. The summed E-state index contributed by atoms with van der Waals surface area (Å²) in [6.45, 7) is 0.398. The van der Waals surface area contributed by atoms with Crippen LogP contribution in [0.25, 0.3) is 0 Å². The van der Waals surface area contributed by atoms with Crippen molar-refractivity contribution in [3.8, 4) is 5.75 Å². The number of amides is 2. The van der Waals surface area contributed by atoms with Crippen LogP contribution < -0.4 is 10.1 Å². The molecule has 3 aromatic rings. The van der Waals surface area contributed by atoms with Gasteiger partial charge in [0.25, 0.3) is 11.8 Å². The summed E-state index contributed by atoms with van der Waals surface area (Å²) in [5, 5.41) is 5.23. The van der Waals surface area contributed by atoms with E-state index in [-0.39, 0.29) is 22.2 Å². The Balaban J connectivity index is 1.66. The van der Waals surface area contributed by atoms with Crippen LogP contribution in [0, 0.1) is 0 Å². The van der Waals surface area contributed by atoms with Crippen molar-refractivity contribution in [2.24, 2.45) is 0 Å². The second-order valence-electron chi connectivity index (χ2n) is 6.13. The summed E-state index contributed by atoms with van der Waals surface area (Å²) in [6, 6.07) is 12.1. The highest BCUT2D eigenvalue weighted by atomic mass is 35.5. The minimum absolute atomic E-state index is 0.237. The molecular weight excluding hydrogens is 433 g/mol. The number of carbonyl (C=O) groups excluding carboxylic acids is 2. The van der Waals surface area contributed by atoms with Crippen molar-refractivity contribution in [1.29, 1.82) is 0 Å². The minimum atomic E-state index is -0.426. The van der Waals surface area contributed by atoms with Gasteiger partial charge in [-0.2, -0.15) is 0 Å². The normalized spacial score (nSPS) is 10.5. The van der Waals surface area contributed by atoms with Gasteiger partial charge in [0.15, 0.2) is 5.13 Å². The molecule has 0 atom stereocenters. The molecule has 9 heteroatoms. The number of nitrogens with zero attached hydrogens (tertiary/aromatic N) is 2. The van der Waals surface area contributed by atoms with Gasteiger partial charge in [0.2, 0.25) is 0 Å². The van der Waals surface area contributed by atoms with Crippen molar-refractivity contribution in [2.45, 2.75) is 6.54 Å². The van der Waals surface area contributed by atoms with E-state index in [4.69, 9.17) is 27.9 Å². The maximum Gasteiger partial charge on any atom is 0.273 e. The van der Waals surface area contributed by atoms with Crippen molar-refractivity contribution in [3.05, 3.63) is 74.7 Å². The fraction of sp³-hybridized carbons (Fsp3) is 0.150. The third kappa shape index (κ3) is 5.26. The predicted molar refractivity (Wildman–Crippen MR) is 115 cm³/mol. The summed E-state index contributed by atoms with van der Waals surface area (Å²) in [4.78, 5) is 30.8. The molecule has 0 saturated heterocycles. The van der Waals surface area contributed by atoms with Crippen LogP contribution >= 0.6 is 34.5 Å². The van der Waals surface area contributed by atoms with E-state index in [2.05, 4.69) is 10.3 Å². The van der Waals surface area contributed by atoms with Crippen LogP contribution in [0.2, 0.25) is 10.0 Å². The van der Waals surface area contributed by atoms with Crippen molar-refractivity contribution in [1.82, 2.24) is 9.88 Å². The monoisotopic (exact) mass is 449 g/mol.